The first-order valence-corrected chi connectivity index (χ1v) is 14.7. The predicted octanol–water partition coefficient (Wildman–Crippen LogP) is 3.85. The van der Waals surface area contributed by atoms with Crippen molar-refractivity contribution in [1.29, 1.82) is 0 Å². The quantitative estimate of drug-likeness (QED) is 0.297. The van der Waals surface area contributed by atoms with Crippen molar-refractivity contribution in [2.24, 2.45) is 0 Å². The summed E-state index contributed by atoms with van der Waals surface area (Å²) < 4.78 is 38.6. The lowest BCUT2D eigenvalue weighted by Gasteiger charge is -2.30. The minimum atomic E-state index is -4.15. The highest BCUT2D eigenvalue weighted by Crippen LogP contribution is 2.27. The van der Waals surface area contributed by atoms with Crippen LogP contribution < -0.4 is 10.1 Å². The maximum atomic E-state index is 13.6. The van der Waals surface area contributed by atoms with E-state index < -0.39 is 34.8 Å². The van der Waals surface area contributed by atoms with Crippen LogP contribution in [0.25, 0.3) is 0 Å². The van der Waals surface area contributed by atoms with Crippen LogP contribution in [0.3, 0.4) is 0 Å². The number of carbonyl (C=O) groups excluding carboxylic acids is 1. The molecule has 1 aliphatic carbocycles. The number of aliphatic hydroxyl groups is 1. The highest BCUT2D eigenvalue weighted by Gasteiger charge is 2.34. The second-order valence-electron chi connectivity index (χ2n) is 9.62. The zero-order valence-electron chi connectivity index (χ0n) is 22.4. The maximum absolute atomic E-state index is 13.6. The van der Waals surface area contributed by atoms with Crippen LogP contribution in [-0.4, -0.2) is 61.0 Å². The molecule has 1 heterocycles. The highest BCUT2D eigenvalue weighted by atomic mass is 32.2. The fraction of sp³-hybridized carbons (Fsp3) is 0.379. The van der Waals surface area contributed by atoms with E-state index in [0.717, 1.165) is 35.7 Å². The average Bonchev–Trinajstić information content (AvgIpc) is 3.50. The zero-order chi connectivity index (χ0) is 28.4. The number of hydroxylamine groups is 1. The number of pyridine rings is 1. The number of carbonyl (C=O) groups is 1. The van der Waals surface area contributed by atoms with Crippen molar-refractivity contribution >= 4 is 16.1 Å². The van der Waals surface area contributed by atoms with E-state index in [-0.39, 0.29) is 24.0 Å². The van der Waals surface area contributed by atoms with Crippen LogP contribution in [0.4, 0.5) is 4.79 Å². The molecule has 0 aliphatic heterocycles. The summed E-state index contributed by atoms with van der Waals surface area (Å²) in [5.74, 6) is 0.513. The van der Waals surface area contributed by atoms with Crippen LogP contribution in [0.2, 0.25) is 0 Å². The van der Waals surface area contributed by atoms with Gasteiger partial charge in [-0.2, -0.15) is 0 Å². The van der Waals surface area contributed by atoms with Crippen molar-refractivity contribution in [1.82, 2.24) is 14.8 Å². The van der Waals surface area contributed by atoms with Crippen molar-refractivity contribution < 1.29 is 32.6 Å². The monoisotopic (exact) mass is 569 g/mol. The summed E-state index contributed by atoms with van der Waals surface area (Å²) in [6.45, 7) is -0.401. The van der Waals surface area contributed by atoms with E-state index in [2.05, 4.69) is 10.3 Å². The molecule has 1 aliphatic rings. The Morgan fingerprint density at radius 3 is 2.40 bits per heavy atom. The molecule has 10 nitrogen and oxygen atoms in total. The van der Waals surface area contributed by atoms with E-state index in [4.69, 9.17) is 14.3 Å². The molecule has 2 atom stereocenters. The van der Waals surface area contributed by atoms with Crippen LogP contribution in [0.15, 0.2) is 84.0 Å². The molecule has 1 amide bonds. The van der Waals surface area contributed by atoms with Gasteiger partial charge in [-0.25, -0.2) is 13.2 Å². The molecule has 1 fully saturated rings. The van der Waals surface area contributed by atoms with Gasteiger partial charge in [0, 0.05) is 18.0 Å². The lowest BCUT2D eigenvalue weighted by Crippen LogP contribution is -2.51. The van der Waals surface area contributed by atoms with Gasteiger partial charge in [-0.3, -0.25) is 9.82 Å². The molecule has 0 saturated heterocycles. The summed E-state index contributed by atoms with van der Waals surface area (Å²) in [5.41, 5.74) is 1.56. The Bertz CT molecular complexity index is 1300. The second-order valence-corrected chi connectivity index (χ2v) is 11.5. The van der Waals surface area contributed by atoms with Crippen molar-refractivity contribution in [3.05, 3.63) is 90.3 Å². The minimum absolute atomic E-state index is 0.00180. The first kappa shape index (κ1) is 29.5. The number of rotatable bonds is 13. The van der Waals surface area contributed by atoms with Gasteiger partial charge in [0.2, 0.25) is 0 Å². The average molecular weight is 570 g/mol. The van der Waals surface area contributed by atoms with Gasteiger partial charge in [-0.15, -0.1) is 0 Å². The Labute approximate surface area is 234 Å². The predicted molar refractivity (Wildman–Crippen MR) is 148 cm³/mol. The molecule has 40 heavy (non-hydrogen) atoms. The van der Waals surface area contributed by atoms with E-state index in [1.807, 2.05) is 30.3 Å². The number of hydrogen-bond acceptors (Lipinski definition) is 8. The molecule has 2 N–H and O–H groups in total. The molecular formula is C29H35N3O7S. The summed E-state index contributed by atoms with van der Waals surface area (Å²) in [6, 6.07) is 17.9. The fourth-order valence-corrected chi connectivity index (χ4v) is 5.78. The summed E-state index contributed by atoms with van der Waals surface area (Å²) in [7, 11) is -2.65. The molecule has 11 heteroatoms. The van der Waals surface area contributed by atoms with Gasteiger partial charge < -0.3 is 19.9 Å². The lowest BCUT2D eigenvalue weighted by molar-refractivity contribution is -0.145. The molecule has 0 unspecified atom stereocenters. The molecule has 2 aromatic carbocycles. The third-order valence-corrected chi connectivity index (χ3v) is 8.33. The molecule has 214 valence electrons. The van der Waals surface area contributed by atoms with Gasteiger partial charge in [-0.05, 0) is 55.2 Å². The van der Waals surface area contributed by atoms with E-state index in [0.29, 0.717) is 11.3 Å². The number of benzene rings is 2. The SMILES string of the molecule is COc1ccc(S(=O)(=O)N(C[C@H](O)[C@H](Cc2ccccc2)NC(=O)OCc2cccnc2)OC2CCCC2)cc1. The Morgan fingerprint density at radius 2 is 1.75 bits per heavy atom. The third kappa shape index (κ3) is 8.25. The third-order valence-electron chi connectivity index (χ3n) is 6.69. The molecule has 0 spiro atoms. The van der Waals surface area contributed by atoms with Crippen molar-refractivity contribution in [3.63, 3.8) is 0 Å². The molecular weight excluding hydrogens is 534 g/mol. The van der Waals surface area contributed by atoms with Gasteiger partial charge in [0.15, 0.2) is 0 Å². The number of aromatic nitrogens is 1. The fourth-order valence-electron chi connectivity index (χ4n) is 4.48. The maximum Gasteiger partial charge on any atom is 0.407 e. The van der Waals surface area contributed by atoms with Gasteiger partial charge in [0.25, 0.3) is 10.0 Å². The minimum Gasteiger partial charge on any atom is -0.497 e. The van der Waals surface area contributed by atoms with Gasteiger partial charge in [0.05, 0.1) is 36.8 Å². The topological polar surface area (TPSA) is 127 Å². The van der Waals surface area contributed by atoms with Crippen LogP contribution >= 0.6 is 0 Å². The summed E-state index contributed by atoms with van der Waals surface area (Å²) in [4.78, 5) is 22.7. The van der Waals surface area contributed by atoms with E-state index in [1.165, 1.54) is 19.2 Å². The number of ether oxygens (including phenoxy) is 2. The molecule has 1 saturated carbocycles. The number of aliphatic hydroxyl groups excluding tert-OH is 1. The second kappa shape index (κ2) is 14.2. The van der Waals surface area contributed by atoms with Crippen molar-refractivity contribution in [2.45, 2.75) is 61.9 Å². The zero-order valence-corrected chi connectivity index (χ0v) is 23.2. The van der Waals surface area contributed by atoms with E-state index >= 15 is 0 Å². The van der Waals surface area contributed by atoms with Crippen molar-refractivity contribution in [3.8, 4) is 5.75 Å². The first-order valence-electron chi connectivity index (χ1n) is 13.2. The Balaban J connectivity index is 1.53. The Hall–Kier alpha value is -3.51. The van der Waals surface area contributed by atoms with Crippen LogP contribution in [0.1, 0.15) is 36.8 Å². The smallest absolute Gasteiger partial charge is 0.407 e. The molecule has 0 radical (unpaired) electrons. The summed E-state index contributed by atoms with van der Waals surface area (Å²) >= 11 is 0. The largest absolute Gasteiger partial charge is 0.497 e. The number of amides is 1. The number of methoxy groups -OCH3 is 1. The van der Waals surface area contributed by atoms with Gasteiger partial charge in [0.1, 0.15) is 12.4 Å². The number of nitrogens with zero attached hydrogens (tertiary/aromatic N) is 2. The van der Waals surface area contributed by atoms with Crippen molar-refractivity contribution in [2.75, 3.05) is 13.7 Å². The van der Waals surface area contributed by atoms with Gasteiger partial charge in [-0.1, -0.05) is 53.7 Å². The number of alkyl carbamates (subject to hydrolysis) is 1. The molecule has 1 aromatic heterocycles. The van der Waals surface area contributed by atoms with E-state index in [1.54, 1.807) is 36.7 Å². The summed E-state index contributed by atoms with van der Waals surface area (Å²) in [5, 5.41) is 14.1. The highest BCUT2D eigenvalue weighted by molar-refractivity contribution is 7.89. The molecule has 4 rings (SSSR count). The molecule has 0 bridgehead atoms. The number of hydrogen-bond donors (Lipinski definition) is 2. The number of nitrogens with one attached hydrogen (secondary N) is 1. The Kier molecular flexibility index (Phi) is 10.5. The lowest BCUT2D eigenvalue weighted by atomic mass is 10.0. The van der Waals surface area contributed by atoms with Crippen LogP contribution in [0.5, 0.6) is 5.75 Å². The van der Waals surface area contributed by atoms with Crippen LogP contribution in [-0.2, 0) is 32.6 Å². The Morgan fingerprint density at radius 1 is 1.05 bits per heavy atom. The summed E-state index contributed by atoms with van der Waals surface area (Å²) in [6.07, 6.45) is 4.41. The van der Waals surface area contributed by atoms with E-state index in [9.17, 15) is 18.3 Å². The number of sulfonamides is 1. The normalized spacial score (nSPS) is 15.5. The standard InChI is InChI=1S/C29H35N3O7S/c1-37-24-13-15-26(16-14-24)40(35,36)32(39-25-11-5-6-12-25)20-28(33)27(18-22-8-3-2-4-9-22)31-29(34)38-21-23-10-7-17-30-19-23/h2-4,7-10,13-17,19,25,27-28,33H,5-6,11-12,18,20-21H2,1H3,(H,31,34)/t27-,28-/m0/s1. The van der Waals surface area contributed by atoms with Gasteiger partial charge >= 0.3 is 6.09 Å². The van der Waals surface area contributed by atoms with Crippen LogP contribution in [0, 0.1) is 0 Å². The first-order chi connectivity index (χ1) is 19.3. The molecule has 3 aromatic rings.